The molecule has 0 radical (unpaired) electrons. The van der Waals surface area contributed by atoms with Crippen molar-refractivity contribution in [1.29, 1.82) is 0 Å². The highest BCUT2D eigenvalue weighted by Gasteiger charge is 2.35. The molecular weight excluding hydrogens is 399 g/mol. The molecule has 1 aromatic rings. The lowest BCUT2D eigenvalue weighted by Gasteiger charge is -2.22. The van der Waals surface area contributed by atoms with Gasteiger partial charge in [0.2, 0.25) is 0 Å². The maximum atomic E-state index is 13.3. The Morgan fingerprint density at radius 1 is 1.32 bits per heavy atom. The van der Waals surface area contributed by atoms with E-state index in [4.69, 9.17) is 4.74 Å². The summed E-state index contributed by atoms with van der Waals surface area (Å²) in [5.74, 6) is -1.15. The van der Waals surface area contributed by atoms with Gasteiger partial charge in [-0.05, 0) is 68.9 Å². The summed E-state index contributed by atoms with van der Waals surface area (Å²) in [7, 11) is 0. The van der Waals surface area contributed by atoms with Crippen LogP contribution < -0.4 is 5.56 Å². The van der Waals surface area contributed by atoms with E-state index in [2.05, 4.69) is 18.0 Å². The van der Waals surface area contributed by atoms with E-state index in [1.54, 1.807) is 10.6 Å². The van der Waals surface area contributed by atoms with Crippen molar-refractivity contribution in [2.24, 2.45) is 4.99 Å². The fourth-order valence-electron chi connectivity index (χ4n) is 4.55. The van der Waals surface area contributed by atoms with Gasteiger partial charge in [-0.25, -0.2) is 9.18 Å². The molecule has 31 heavy (non-hydrogen) atoms. The first kappa shape index (κ1) is 21.2. The molecule has 0 unspecified atom stereocenters. The average molecular weight is 424 g/mol. The average Bonchev–Trinajstić information content (AvgIpc) is 3.10. The van der Waals surface area contributed by atoms with Crippen molar-refractivity contribution in [3.05, 3.63) is 73.5 Å². The van der Waals surface area contributed by atoms with Gasteiger partial charge in [0.05, 0.1) is 29.3 Å². The van der Waals surface area contributed by atoms with Gasteiger partial charge < -0.3 is 14.4 Å². The largest absolute Gasteiger partial charge is 0.458 e. The minimum absolute atomic E-state index is 0.160. The predicted octanol–water partition coefficient (Wildman–Crippen LogP) is 4.05. The molecule has 7 heteroatoms. The zero-order valence-electron chi connectivity index (χ0n) is 17.9. The number of carbonyl (C=O) groups is 1. The molecule has 0 fully saturated rings. The Morgan fingerprint density at radius 2 is 2.10 bits per heavy atom. The number of aliphatic imine (C=N–C) groups is 1. The summed E-state index contributed by atoms with van der Waals surface area (Å²) in [5, 5.41) is 10.3. The van der Waals surface area contributed by atoms with Gasteiger partial charge >= 0.3 is 5.97 Å². The molecule has 2 aliphatic heterocycles. The molecule has 3 heterocycles. The summed E-state index contributed by atoms with van der Waals surface area (Å²) in [4.78, 5) is 29.5. The molecule has 162 valence electrons. The van der Waals surface area contributed by atoms with Crippen LogP contribution >= 0.6 is 0 Å². The van der Waals surface area contributed by atoms with Crippen molar-refractivity contribution in [2.45, 2.75) is 59.3 Å². The SMILES string of the molecule is C/C=C1\CCCC(C2=C(N=C/C=C(\C)F)c3cc4c(c(=O)n3C2)COC(=O)[C@H]4O)=C1C. The van der Waals surface area contributed by atoms with Crippen LogP contribution in [0.1, 0.15) is 63.0 Å². The first-order valence-corrected chi connectivity index (χ1v) is 10.4. The topological polar surface area (TPSA) is 80.9 Å². The van der Waals surface area contributed by atoms with E-state index in [0.29, 0.717) is 17.9 Å². The molecule has 1 atom stereocenters. The van der Waals surface area contributed by atoms with E-state index in [1.165, 1.54) is 30.4 Å². The van der Waals surface area contributed by atoms with Gasteiger partial charge in [0, 0.05) is 17.4 Å². The first-order chi connectivity index (χ1) is 14.8. The highest BCUT2D eigenvalue weighted by Crippen LogP contribution is 2.41. The lowest BCUT2D eigenvalue weighted by Crippen LogP contribution is -2.33. The number of hydrogen-bond acceptors (Lipinski definition) is 5. The molecule has 0 saturated heterocycles. The molecule has 1 aliphatic carbocycles. The van der Waals surface area contributed by atoms with Crippen molar-refractivity contribution < 1.29 is 19.0 Å². The van der Waals surface area contributed by atoms with Crippen molar-refractivity contribution in [2.75, 3.05) is 0 Å². The monoisotopic (exact) mass is 424 g/mol. The molecule has 0 saturated carbocycles. The normalized spacial score (nSPS) is 23.0. The number of esters is 1. The Hall–Kier alpha value is -3.06. The van der Waals surface area contributed by atoms with Crippen LogP contribution in [0.2, 0.25) is 0 Å². The minimum Gasteiger partial charge on any atom is -0.458 e. The van der Waals surface area contributed by atoms with Gasteiger partial charge in [-0.2, -0.15) is 0 Å². The summed E-state index contributed by atoms with van der Waals surface area (Å²) in [6.07, 6.45) is 6.12. The number of rotatable bonds is 3. The molecular formula is C24H25FN2O4. The Balaban J connectivity index is 1.94. The predicted molar refractivity (Wildman–Crippen MR) is 116 cm³/mol. The Labute approximate surface area is 179 Å². The second-order valence-corrected chi connectivity index (χ2v) is 7.99. The lowest BCUT2D eigenvalue weighted by molar-refractivity contribution is -0.157. The van der Waals surface area contributed by atoms with Crippen LogP contribution in [-0.2, 0) is 22.7 Å². The molecule has 4 rings (SSSR count). The minimum atomic E-state index is -1.50. The second kappa shape index (κ2) is 8.23. The van der Waals surface area contributed by atoms with E-state index >= 15 is 0 Å². The molecule has 6 nitrogen and oxygen atoms in total. The summed E-state index contributed by atoms with van der Waals surface area (Å²) in [5.41, 5.74) is 5.81. The number of ether oxygens (including phenoxy) is 1. The maximum Gasteiger partial charge on any atom is 0.340 e. The van der Waals surface area contributed by atoms with Crippen molar-refractivity contribution in [1.82, 2.24) is 4.57 Å². The smallest absolute Gasteiger partial charge is 0.340 e. The van der Waals surface area contributed by atoms with Crippen LogP contribution in [0, 0.1) is 0 Å². The Morgan fingerprint density at radius 3 is 2.81 bits per heavy atom. The van der Waals surface area contributed by atoms with Crippen LogP contribution in [0.25, 0.3) is 5.70 Å². The van der Waals surface area contributed by atoms with Gasteiger partial charge in [-0.3, -0.25) is 9.79 Å². The molecule has 0 amide bonds. The number of carbonyl (C=O) groups excluding carboxylic acids is 1. The van der Waals surface area contributed by atoms with Crippen LogP contribution in [0.4, 0.5) is 4.39 Å². The third-order valence-electron chi connectivity index (χ3n) is 6.18. The van der Waals surface area contributed by atoms with Gasteiger partial charge in [0.15, 0.2) is 6.10 Å². The van der Waals surface area contributed by atoms with E-state index < -0.39 is 12.1 Å². The van der Waals surface area contributed by atoms with Gasteiger partial charge in [0.25, 0.3) is 5.56 Å². The first-order valence-electron chi connectivity index (χ1n) is 10.4. The van der Waals surface area contributed by atoms with Crippen molar-refractivity contribution in [3.8, 4) is 0 Å². The summed E-state index contributed by atoms with van der Waals surface area (Å²) in [6.45, 7) is 5.60. The molecule has 0 aromatic carbocycles. The zero-order chi connectivity index (χ0) is 22.3. The molecule has 3 aliphatic rings. The molecule has 0 spiro atoms. The number of aliphatic hydroxyl groups is 1. The molecule has 1 N–H and O–H groups in total. The van der Waals surface area contributed by atoms with E-state index in [0.717, 1.165) is 30.4 Å². The number of fused-ring (bicyclic) bond motifs is 2. The number of halogens is 1. The fourth-order valence-corrected chi connectivity index (χ4v) is 4.55. The van der Waals surface area contributed by atoms with Gasteiger partial charge in [-0.1, -0.05) is 6.08 Å². The second-order valence-electron chi connectivity index (χ2n) is 7.99. The zero-order valence-corrected chi connectivity index (χ0v) is 17.9. The van der Waals surface area contributed by atoms with E-state index in [-0.39, 0.29) is 29.1 Å². The van der Waals surface area contributed by atoms with Crippen molar-refractivity contribution in [3.63, 3.8) is 0 Å². The summed E-state index contributed by atoms with van der Waals surface area (Å²) < 4.78 is 19.8. The lowest BCUT2D eigenvalue weighted by atomic mass is 9.84. The molecule has 0 bridgehead atoms. The van der Waals surface area contributed by atoms with Gasteiger partial charge in [0.1, 0.15) is 6.61 Å². The standard InChI is InChI=1S/C24H25FN2O4/c1-4-15-6-5-7-16(14(15)3)18-11-27-20(21(18)26-9-8-13(2)25)10-17-19(23(27)29)12-31-24(30)22(17)28/h4,8-10,22,28H,5-7,11-12H2,1-3H3/b13-8+,15-4+,26-9?/t22-/m0/s1. The van der Waals surface area contributed by atoms with Crippen LogP contribution in [0.15, 0.2) is 56.1 Å². The van der Waals surface area contributed by atoms with Crippen LogP contribution in [0.3, 0.4) is 0 Å². The van der Waals surface area contributed by atoms with Gasteiger partial charge in [-0.15, -0.1) is 0 Å². The van der Waals surface area contributed by atoms with E-state index in [9.17, 15) is 19.1 Å². The van der Waals surface area contributed by atoms with E-state index in [1.807, 2.05) is 6.92 Å². The summed E-state index contributed by atoms with van der Waals surface area (Å²) in [6, 6.07) is 1.64. The van der Waals surface area contributed by atoms with Crippen molar-refractivity contribution >= 4 is 17.9 Å². The highest BCUT2D eigenvalue weighted by atomic mass is 19.1. The third kappa shape index (κ3) is 3.63. The number of pyridine rings is 1. The maximum absolute atomic E-state index is 13.3. The third-order valence-corrected chi connectivity index (χ3v) is 6.18. The van der Waals surface area contributed by atoms with Crippen LogP contribution in [-0.4, -0.2) is 21.9 Å². The highest BCUT2D eigenvalue weighted by molar-refractivity contribution is 5.85. The number of nitrogens with zero attached hydrogens (tertiary/aromatic N) is 2. The Kier molecular flexibility index (Phi) is 5.62. The quantitative estimate of drug-likeness (QED) is 0.586. The fraction of sp³-hybridized carbons (Fsp3) is 0.375. The number of hydrogen-bond donors (Lipinski definition) is 1. The number of allylic oxidation sites excluding steroid dienone is 7. The number of aromatic nitrogens is 1. The van der Waals surface area contributed by atoms with Crippen LogP contribution in [0.5, 0.6) is 0 Å². The Bertz CT molecular complexity index is 1180. The number of aliphatic hydroxyl groups excluding tert-OH is 1. The molecule has 1 aromatic heterocycles. The summed E-state index contributed by atoms with van der Waals surface area (Å²) >= 11 is 0. The number of cyclic esters (lactones) is 1.